The number of nitrogens with one attached hydrogen (secondary N) is 1. The molecule has 1 heterocycles. The van der Waals surface area contributed by atoms with Crippen LogP contribution in [0.1, 0.15) is 35.0 Å². The minimum Gasteiger partial charge on any atom is -0.466 e. The first-order chi connectivity index (χ1) is 9.69. The smallest absolute Gasteiger partial charge is 0.305 e. The normalized spacial score (nSPS) is 9.50. The van der Waals surface area contributed by atoms with E-state index in [1.807, 2.05) is 5.38 Å². The Morgan fingerprint density at radius 3 is 3.00 bits per heavy atom. The Morgan fingerprint density at radius 2 is 2.30 bits per heavy atom. The van der Waals surface area contributed by atoms with Gasteiger partial charge in [0.2, 0.25) is 0 Å². The van der Waals surface area contributed by atoms with Crippen LogP contribution >= 0.6 is 11.3 Å². The average Bonchev–Trinajstić information content (AvgIpc) is 2.90. The number of esters is 1. The number of rotatable bonds is 6. The van der Waals surface area contributed by atoms with Gasteiger partial charge in [-0.3, -0.25) is 9.59 Å². The first-order valence-corrected chi connectivity index (χ1v) is 7.27. The Kier molecular flexibility index (Phi) is 7.40. The molecule has 1 rings (SSSR count). The molecule has 0 aliphatic rings. The van der Waals surface area contributed by atoms with Crippen LogP contribution in [0, 0.1) is 11.8 Å². The maximum absolute atomic E-state index is 11.9. The van der Waals surface area contributed by atoms with Gasteiger partial charge in [-0.05, 0) is 24.8 Å². The van der Waals surface area contributed by atoms with Gasteiger partial charge in [-0.25, -0.2) is 0 Å². The fraction of sp³-hybridized carbons (Fsp3) is 0.429. The number of carbonyl (C=O) groups excluding carboxylic acids is 2. The van der Waals surface area contributed by atoms with Gasteiger partial charge in [0.05, 0.1) is 13.2 Å². The second-order valence-corrected chi connectivity index (χ2v) is 4.75. The van der Waals surface area contributed by atoms with Crippen molar-refractivity contribution in [2.45, 2.75) is 19.8 Å². The van der Waals surface area contributed by atoms with Crippen LogP contribution in [0.5, 0.6) is 0 Å². The Morgan fingerprint density at radius 1 is 1.50 bits per heavy atom. The summed E-state index contributed by atoms with van der Waals surface area (Å²) in [4.78, 5) is 23.6. The third-order valence-corrected chi connectivity index (χ3v) is 3.26. The lowest BCUT2D eigenvalue weighted by atomic mass is 10.2. The van der Waals surface area contributed by atoms with Crippen molar-refractivity contribution in [1.82, 2.24) is 5.32 Å². The standard InChI is InChI=1S/C14H18N2O3S/c1-2-19-12(17)6-4-9-16-14(18)13-11(5-3-8-15)7-10-20-13/h7,10H,2,4,6,8-9,15H2,1H3,(H,16,18). The molecule has 0 spiro atoms. The maximum atomic E-state index is 11.9. The summed E-state index contributed by atoms with van der Waals surface area (Å²) in [7, 11) is 0. The van der Waals surface area contributed by atoms with Crippen molar-refractivity contribution in [1.29, 1.82) is 0 Å². The Hall–Kier alpha value is -1.84. The zero-order valence-corrected chi connectivity index (χ0v) is 12.2. The highest BCUT2D eigenvalue weighted by Gasteiger charge is 2.11. The van der Waals surface area contributed by atoms with E-state index in [0.717, 1.165) is 0 Å². The lowest BCUT2D eigenvalue weighted by Crippen LogP contribution is -2.24. The molecule has 0 aliphatic carbocycles. The van der Waals surface area contributed by atoms with Crippen molar-refractivity contribution in [3.8, 4) is 11.8 Å². The average molecular weight is 294 g/mol. The van der Waals surface area contributed by atoms with Crippen molar-refractivity contribution < 1.29 is 14.3 Å². The van der Waals surface area contributed by atoms with E-state index in [4.69, 9.17) is 10.5 Å². The minimum absolute atomic E-state index is 0.176. The third-order valence-electron chi connectivity index (χ3n) is 2.35. The molecular weight excluding hydrogens is 276 g/mol. The molecule has 0 unspecified atom stereocenters. The van der Waals surface area contributed by atoms with Gasteiger partial charge in [-0.2, -0.15) is 0 Å². The van der Waals surface area contributed by atoms with Gasteiger partial charge in [0.1, 0.15) is 4.88 Å². The summed E-state index contributed by atoms with van der Waals surface area (Å²) in [5, 5.41) is 4.58. The van der Waals surface area contributed by atoms with E-state index in [-0.39, 0.29) is 18.4 Å². The predicted octanol–water partition coefficient (Wildman–Crippen LogP) is 1.13. The number of thiophene rings is 1. The maximum Gasteiger partial charge on any atom is 0.305 e. The highest BCUT2D eigenvalue weighted by Crippen LogP contribution is 2.15. The Labute approximate surface area is 122 Å². The van der Waals surface area contributed by atoms with E-state index < -0.39 is 0 Å². The van der Waals surface area contributed by atoms with E-state index >= 15 is 0 Å². The van der Waals surface area contributed by atoms with Crippen LogP contribution in [0.4, 0.5) is 0 Å². The van der Waals surface area contributed by atoms with E-state index in [1.165, 1.54) is 11.3 Å². The summed E-state index contributed by atoms with van der Waals surface area (Å²) in [5.41, 5.74) is 5.99. The van der Waals surface area contributed by atoms with E-state index in [0.29, 0.717) is 36.4 Å². The molecule has 20 heavy (non-hydrogen) atoms. The van der Waals surface area contributed by atoms with E-state index in [1.54, 1.807) is 13.0 Å². The SMILES string of the molecule is CCOC(=O)CCCNC(=O)c1sccc1C#CCN. The van der Waals surface area contributed by atoms with Crippen LogP contribution in [0.2, 0.25) is 0 Å². The number of hydrogen-bond acceptors (Lipinski definition) is 5. The lowest BCUT2D eigenvalue weighted by molar-refractivity contribution is -0.143. The predicted molar refractivity (Wildman–Crippen MR) is 78.5 cm³/mol. The van der Waals surface area contributed by atoms with Crippen LogP contribution in [0.15, 0.2) is 11.4 Å². The summed E-state index contributed by atoms with van der Waals surface area (Å²) in [6.45, 7) is 2.83. The second-order valence-electron chi connectivity index (χ2n) is 3.83. The topological polar surface area (TPSA) is 81.4 Å². The van der Waals surface area contributed by atoms with Crippen molar-refractivity contribution in [3.63, 3.8) is 0 Å². The van der Waals surface area contributed by atoms with Crippen LogP contribution < -0.4 is 11.1 Å². The number of carbonyl (C=O) groups is 2. The summed E-state index contributed by atoms with van der Waals surface area (Å²) in [6.07, 6.45) is 0.859. The van der Waals surface area contributed by atoms with Crippen molar-refractivity contribution in [2.24, 2.45) is 5.73 Å². The first-order valence-electron chi connectivity index (χ1n) is 6.39. The number of amides is 1. The molecular formula is C14H18N2O3S. The second kappa shape index (κ2) is 9.13. The Bertz CT molecular complexity index is 514. The molecule has 0 saturated carbocycles. The molecule has 6 heteroatoms. The third kappa shape index (κ3) is 5.43. The molecule has 108 valence electrons. The number of ether oxygens (including phenoxy) is 1. The Balaban J connectivity index is 2.40. The quantitative estimate of drug-likeness (QED) is 0.468. The largest absolute Gasteiger partial charge is 0.466 e. The number of hydrogen-bond donors (Lipinski definition) is 2. The summed E-state index contributed by atoms with van der Waals surface area (Å²) >= 11 is 1.33. The zero-order chi connectivity index (χ0) is 14.8. The van der Waals surface area contributed by atoms with Crippen LogP contribution in [-0.4, -0.2) is 31.6 Å². The molecule has 0 bridgehead atoms. The van der Waals surface area contributed by atoms with Gasteiger partial charge in [-0.1, -0.05) is 11.8 Å². The molecule has 0 aliphatic heterocycles. The van der Waals surface area contributed by atoms with Crippen molar-refractivity contribution in [2.75, 3.05) is 19.7 Å². The first kappa shape index (κ1) is 16.2. The van der Waals surface area contributed by atoms with Gasteiger partial charge in [0.25, 0.3) is 5.91 Å². The van der Waals surface area contributed by atoms with Crippen LogP contribution in [0.3, 0.4) is 0 Å². The van der Waals surface area contributed by atoms with E-state index in [9.17, 15) is 9.59 Å². The van der Waals surface area contributed by atoms with Gasteiger partial charge < -0.3 is 15.8 Å². The molecule has 0 atom stereocenters. The van der Waals surface area contributed by atoms with Crippen LogP contribution in [-0.2, 0) is 9.53 Å². The summed E-state index contributed by atoms with van der Waals surface area (Å²) in [6, 6.07) is 1.79. The van der Waals surface area contributed by atoms with E-state index in [2.05, 4.69) is 17.2 Å². The van der Waals surface area contributed by atoms with Crippen molar-refractivity contribution in [3.05, 3.63) is 21.9 Å². The molecule has 0 radical (unpaired) electrons. The van der Waals surface area contributed by atoms with Crippen LogP contribution in [0.25, 0.3) is 0 Å². The molecule has 0 saturated heterocycles. The summed E-state index contributed by atoms with van der Waals surface area (Å²) < 4.78 is 4.80. The number of nitrogens with two attached hydrogens (primary N) is 1. The zero-order valence-electron chi connectivity index (χ0n) is 11.4. The molecule has 1 amide bonds. The van der Waals surface area contributed by atoms with Gasteiger partial charge in [0, 0.05) is 18.5 Å². The van der Waals surface area contributed by atoms with Crippen molar-refractivity contribution >= 4 is 23.2 Å². The van der Waals surface area contributed by atoms with Gasteiger partial charge in [-0.15, -0.1) is 11.3 Å². The van der Waals surface area contributed by atoms with Gasteiger partial charge in [0.15, 0.2) is 0 Å². The molecule has 3 N–H and O–H groups in total. The fourth-order valence-electron chi connectivity index (χ4n) is 1.48. The molecule has 5 nitrogen and oxygen atoms in total. The highest BCUT2D eigenvalue weighted by atomic mass is 32.1. The fourth-order valence-corrected chi connectivity index (χ4v) is 2.24. The van der Waals surface area contributed by atoms with Gasteiger partial charge >= 0.3 is 5.97 Å². The molecule has 1 aromatic heterocycles. The molecule has 0 fully saturated rings. The lowest BCUT2D eigenvalue weighted by Gasteiger charge is -2.04. The minimum atomic E-state index is -0.243. The highest BCUT2D eigenvalue weighted by molar-refractivity contribution is 7.12. The summed E-state index contributed by atoms with van der Waals surface area (Å²) in [5.74, 6) is 5.17. The molecule has 0 aromatic carbocycles. The monoisotopic (exact) mass is 294 g/mol. The molecule has 1 aromatic rings.